The fraction of sp³-hybridized carbons (Fsp3) is 0.0870. The monoisotopic (exact) mass is 446 g/mol. The molecule has 8 heteroatoms. The number of aryl methyl sites for hydroxylation is 1. The first kappa shape index (κ1) is 19.5. The van der Waals surface area contributed by atoms with Crippen LogP contribution in [0.4, 0.5) is 5.13 Å². The van der Waals surface area contributed by atoms with Crippen LogP contribution < -0.4 is 10.1 Å². The maximum atomic E-state index is 12.9. The fourth-order valence-corrected chi connectivity index (χ4v) is 5.08. The van der Waals surface area contributed by atoms with E-state index in [2.05, 4.69) is 15.4 Å². The number of anilines is 1. The van der Waals surface area contributed by atoms with Crippen LogP contribution in [0.5, 0.6) is 5.75 Å². The second-order valence-corrected chi connectivity index (χ2v) is 8.77. The van der Waals surface area contributed by atoms with Gasteiger partial charge in [0.15, 0.2) is 5.13 Å². The molecular weight excluding hydrogens is 428 g/mol. The molecule has 2 aromatic carbocycles. The summed E-state index contributed by atoms with van der Waals surface area (Å²) in [5.41, 5.74) is 3.65. The highest BCUT2D eigenvalue weighted by Gasteiger charge is 2.18. The van der Waals surface area contributed by atoms with Crippen LogP contribution in [0.3, 0.4) is 0 Å². The number of carbonyl (C=O) groups excluding carboxylic acids is 1. The Morgan fingerprint density at radius 1 is 1.10 bits per heavy atom. The van der Waals surface area contributed by atoms with Gasteiger partial charge in [0, 0.05) is 16.3 Å². The van der Waals surface area contributed by atoms with Crippen molar-refractivity contribution in [3.05, 3.63) is 76.6 Å². The number of benzene rings is 2. The number of methoxy groups -OCH3 is 1. The van der Waals surface area contributed by atoms with Gasteiger partial charge in [0.1, 0.15) is 10.6 Å². The normalized spacial score (nSPS) is 11.0. The number of amides is 1. The summed E-state index contributed by atoms with van der Waals surface area (Å²) in [6.45, 7) is 1.96. The summed E-state index contributed by atoms with van der Waals surface area (Å²) in [5.74, 6) is 0.623. The molecule has 3 aromatic heterocycles. The van der Waals surface area contributed by atoms with Crippen molar-refractivity contribution in [1.29, 1.82) is 0 Å². The van der Waals surface area contributed by atoms with Crippen LogP contribution >= 0.6 is 22.7 Å². The second-order valence-electron chi connectivity index (χ2n) is 6.88. The molecule has 6 nitrogen and oxygen atoms in total. The zero-order valence-corrected chi connectivity index (χ0v) is 18.5. The second kappa shape index (κ2) is 7.98. The molecule has 0 radical (unpaired) electrons. The minimum atomic E-state index is -0.171. The first-order valence-corrected chi connectivity index (χ1v) is 11.3. The number of aromatic nitrogens is 3. The van der Waals surface area contributed by atoms with Crippen LogP contribution in [0.1, 0.15) is 15.4 Å². The standard InChI is InChI=1S/C23H18N4O2S2/c1-14-18-12-20(31-22(18)27(26-14)16-6-4-3-5-7-16)21(28)25-23-24-19(13-30-23)15-8-10-17(29-2)11-9-15/h3-13H,1-2H3,(H,24,25,28). The van der Waals surface area contributed by atoms with Crippen LogP contribution in [0.15, 0.2) is 66.0 Å². The lowest BCUT2D eigenvalue weighted by atomic mass is 10.2. The van der Waals surface area contributed by atoms with Crippen molar-refractivity contribution in [2.24, 2.45) is 0 Å². The molecule has 0 saturated heterocycles. The summed E-state index contributed by atoms with van der Waals surface area (Å²) in [6.07, 6.45) is 0. The number of fused-ring (bicyclic) bond motifs is 1. The lowest BCUT2D eigenvalue weighted by Gasteiger charge is -2.02. The smallest absolute Gasteiger partial charge is 0.267 e. The summed E-state index contributed by atoms with van der Waals surface area (Å²) in [6, 6.07) is 19.5. The highest BCUT2D eigenvalue weighted by Crippen LogP contribution is 2.32. The molecule has 0 fully saturated rings. The fourth-order valence-electron chi connectivity index (χ4n) is 3.29. The largest absolute Gasteiger partial charge is 0.497 e. The Bertz CT molecular complexity index is 1370. The van der Waals surface area contributed by atoms with E-state index in [-0.39, 0.29) is 5.91 Å². The van der Waals surface area contributed by atoms with Crippen molar-refractivity contribution in [2.45, 2.75) is 6.92 Å². The maximum Gasteiger partial charge on any atom is 0.267 e. The van der Waals surface area contributed by atoms with Crippen molar-refractivity contribution in [3.8, 4) is 22.7 Å². The zero-order chi connectivity index (χ0) is 21.4. The van der Waals surface area contributed by atoms with E-state index in [1.54, 1.807) is 7.11 Å². The molecule has 0 spiro atoms. The summed E-state index contributed by atoms with van der Waals surface area (Å²) >= 11 is 2.83. The molecular formula is C23H18N4O2S2. The van der Waals surface area contributed by atoms with Gasteiger partial charge >= 0.3 is 0 Å². The third-order valence-corrected chi connectivity index (χ3v) is 6.75. The first-order chi connectivity index (χ1) is 15.1. The number of ether oxygens (including phenoxy) is 1. The SMILES string of the molecule is COc1ccc(-c2csc(NC(=O)c3cc4c(C)nn(-c5ccccc5)c4s3)n2)cc1. The van der Waals surface area contributed by atoms with E-state index >= 15 is 0 Å². The molecule has 1 N–H and O–H groups in total. The number of hydrogen-bond acceptors (Lipinski definition) is 6. The van der Waals surface area contributed by atoms with Crippen molar-refractivity contribution < 1.29 is 9.53 Å². The molecule has 1 amide bonds. The van der Waals surface area contributed by atoms with Gasteiger partial charge in [-0.05, 0) is 49.4 Å². The summed E-state index contributed by atoms with van der Waals surface area (Å²) in [7, 11) is 1.64. The number of rotatable bonds is 5. The van der Waals surface area contributed by atoms with Gasteiger partial charge in [-0.15, -0.1) is 22.7 Å². The molecule has 0 bridgehead atoms. The van der Waals surface area contributed by atoms with Crippen LogP contribution in [0.25, 0.3) is 27.2 Å². The van der Waals surface area contributed by atoms with Crippen molar-refractivity contribution >= 4 is 43.9 Å². The van der Waals surface area contributed by atoms with Crippen LogP contribution in [0, 0.1) is 6.92 Å². The lowest BCUT2D eigenvalue weighted by molar-refractivity contribution is 0.103. The van der Waals surface area contributed by atoms with E-state index in [4.69, 9.17) is 4.74 Å². The quantitative estimate of drug-likeness (QED) is 0.372. The predicted molar refractivity (Wildman–Crippen MR) is 126 cm³/mol. The minimum Gasteiger partial charge on any atom is -0.497 e. The highest BCUT2D eigenvalue weighted by molar-refractivity contribution is 7.20. The van der Waals surface area contributed by atoms with E-state index < -0.39 is 0 Å². The predicted octanol–water partition coefficient (Wildman–Crippen LogP) is 5.78. The number of thiophene rings is 1. The van der Waals surface area contributed by atoms with Gasteiger partial charge in [-0.3, -0.25) is 10.1 Å². The molecule has 5 aromatic rings. The van der Waals surface area contributed by atoms with Gasteiger partial charge in [-0.1, -0.05) is 18.2 Å². The average molecular weight is 447 g/mol. The van der Waals surface area contributed by atoms with Gasteiger partial charge in [-0.2, -0.15) is 5.10 Å². The molecule has 5 rings (SSSR count). The van der Waals surface area contributed by atoms with E-state index in [0.29, 0.717) is 10.0 Å². The molecule has 0 saturated carbocycles. The number of para-hydroxylation sites is 1. The van der Waals surface area contributed by atoms with Crippen molar-refractivity contribution in [2.75, 3.05) is 12.4 Å². The average Bonchev–Trinajstić information content (AvgIpc) is 3.51. The van der Waals surface area contributed by atoms with Crippen LogP contribution in [-0.4, -0.2) is 27.8 Å². The van der Waals surface area contributed by atoms with Crippen LogP contribution in [0.2, 0.25) is 0 Å². The van der Waals surface area contributed by atoms with Gasteiger partial charge in [0.25, 0.3) is 5.91 Å². The number of hydrogen-bond donors (Lipinski definition) is 1. The van der Waals surface area contributed by atoms with Gasteiger partial charge in [0.2, 0.25) is 0 Å². The van der Waals surface area contributed by atoms with E-state index in [9.17, 15) is 4.79 Å². The Labute approximate surface area is 186 Å². The maximum absolute atomic E-state index is 12.9. The summed E-state index contributed by atoms with van der Waals surface area (Å²) in [5, 5.41) is 11.0. The Morgan fingerprint density at radius 3 is 2.61 bits per heavy atom. The molecule has 154 valence electrons. The summed E-state index contributed by atoms with van der Waals surface area (Å²) in [4.78, 5) is 19.0. The van der Waals surface area contributed by atoms with Gasteiger partial charge < -0.3 is 4.74 Å². The topological polar surface area (TPSA) is 69.0 Å². The van der Waals surface area contributed by atoms with Crippen molar-refractivity contribution in [3.63, 3.8) is 0 Å². The zero-order valence-electron chi connectivity index (χ0n) is 16.8. The first-order valence-electron chi connectivity index (χ1n) is 9.58. The van der Waals surface area contributed by atoms with E-state index in [0.717, 1.165) is 38.6 Å². The molecule has 0 unspecified atom stereocenters. The molecule has 0 aliphatic heterocycles. The van der Waals surface area contributed by atoms with E-state index in [1.807, 2.05) is 77.6 Å². The van der Waals surface area contributed by atoms with Crippen LogP contribution in [-0.2, 0) is 0 Å². The third-order valence-electron chi connectivity index (χ3n) is 4.88. The molecule has 0 aliphatic rings. The third kappa shape index (κ3) is 3.71. The molecule has 31 heavy (non-hydrogen) atoms. The van der Waals surface area contributed by atoms with Gasteiger partial charge in [-0.25, -0.2) is 9.67 Å². The molecule has 3 heterocycles. The Balaban J connectivity index is 1.39. The lowest BCUT2D eigenvalue weighted by Crippen LogP contribution is -2.09. The Kier molecular flexibility index (Phi) is 5.01. The Hall–Kier alpha value is -3.49. The number of nitrogens with one attached hydrogen (secondary N) is 1. The Morgan fingerprint density at radius 2 is 1.87 bits per heavy atom. The van der Waals surface area contributed by atoms with Crippen molar-refractivity contribution in [1.82, 2.24) is 14.8 Å². The number of carbonyl (C=O) groups is 1. The molecule has 0 aliphatic carbocycles. The highest BCUT2D eigenvalue weighted by atomic mass is 32.1. The summed E-state index contributed by atoms with van der Waals surface area (Å²) < 4.78 is 7.08. The van der Waals surface area contributed by atoms with Gasteiger partial charge in [0.05, 0.1) is 29.1 Å². The molecule has 0 atom stereocenters. The number of nitrogens with zero attached hydrogens (tertiary/aromatic N) is 3. The van der Waals surface area contributed by atoms with E-state index in [1.165, 1.54) is 22.7 Å². The number of thiazole rings is 1. The minimum absolute atomic E-state index is 0.171.